The van der Waals surface area contributed by atoms with Gasteiger partial charge in [-0.15, -0.1) is 0 Å². The Bertz CT molecular complexity index is 1780. The zero-order valence-electron chi connectivity index (χ0n) is 20.3. The molecule has 1 heterocycles. The third-order valence-electron chi connectivity index (χ3n) is 5.84. The molecule has 5 nitrogen and oxygen atoms in total. The van der Waals surface area contributed by atoms with Crippen molar-refractivity contribution >= 4 is 60.6 Å². The molecular weight excluding hydrogens is 675 g/mol. The highest BCUT2D eigenvalue weighted by atomic mass is 79.9. The predicted octanol–water partition coefficient (Wildman–Crippen LogP) is 8.72. The van der Waals surface area contributed by atoms with E-state index in [9.17, 15) is 18.0 Å². The van der Waals surface area contributed by atoms with Gasteiger partial charge in [0.15, 0.2) is 5.82 Å². The average Bonchev–Trinajstić information content (AvgIpc) is 2.92. The number of alkyl halides is 3. The molecule has 40 heavy (non-hydrogen) atoms. The minimum absolute atomic E-state index is 0.0212. The molecule has 0 aliphatic rings. The van der Waals surface area contributed by atoms with Crippen molar-refractivity contribution in [3.63, 3.8) is 0 Å². The van der Waals surface area contributed by atoms with Crippen molar-refractivity contribution in [1.82, 2.24) is 9.66 Å². The van der Waals surface area contributed by atoms with Crippen LogP contribution in [0.3, 0.4) is 0 Å². The molecule has 0 N–H and O–H groups in total. The number of para-hydroxylation sites is 1. The molecular formula is C29H17Br2ClF3N3O2. The maximum Gasteiger partial charge on any atom is 0.416 e. The lowest BCUT2D eigenvalue weighted by atomic mass is 10.1. The molecule has 202 valence electrons. The molecule has 0 saturated carbocycles. The fourth-order valence-electron chi connectivity index (χ4n) is 3.90. The average molecular weight is 692 g/mol. The Morgan fingerprint density at radius 2 is 1.65 bits per heavy atom. The highest BCUT2D eigenvalue weighted by molar-refractivity contribution is 9.11. The van der Waals surface area contributed by atoms with E-state index in [4.69, 9.17) is 16.3 Å². The van der Waals surface area contributed by atoms with Crippen LogP contribution >= 0.6 is 43.5 Å². The summed E-state index contributed by atoms with van der Waals surface area (Å²) < 4.78 is 48.5. The van der Waals surface area contributed by atoms with Gasteiger partial charge in [0.2, 0.25) is 0 Å². The highest BCUT2D eigenvalue weighted by Crippen LogP contribution is 2.35. The van der Waals surface area contributed by atoms with E-state index < -0.39 is 17.3 Å². The first-order valence-corrected chi connectivity index (χ1v) is 13.7. The van der Waals surface area contributed by atoms with Crippen molar-refractivity contribution in [2.45, 2.75) is 12.8 Å². The van der Waals surface area contributed by atoms with E-state index >= 15 is 0 Å². The van der Waals surface area contributed by atoms with Crippen LogP contribution in [-0.2, 0) is 12.8 Å². The third-order valence-corrected chi connectivity index (χ3v) is 7.27. The standard InChI is InChI=1S/C29H17Br2ClF3N3O2/c30-23-12-18(13-24(31)26(23)40-16-17-8-10-21(32)11-9-17)15-36-38-27(19-4-3-5-20(14-19)29(33,34)35)37-25-7-2-1-6-22(25)28(38)39/h1-15H,16H2. The second-order valence-electron chi connectivity index (χ2n) is 8.62. The maximum absolute atomic E-state index is 13.4. The van der Waals surface area contributed by atoms with Crippen molar-refractivity contribution < 1.29 is 17.9 Å². The summed E-state index contributed by atoms with van der Waals surface area (Å²) in [5, 5.41) is 5.26. The fraction of sp³-hybridized carbons (Fsp3) is 0.0690. The Morgan fingerprint density at radius 3 is 2.35 bits per heavy atom. The zero-order valence-corrected chi connectivity index (χ0v) is 24.2. The summed E-state index contributed by atoms with van der Waals surface area (Å²) in [5.41, 5.74) is 0.592. The first-order chi connectivity index (χ1) is 19.1. The minimum Gasteiger partial charge on any atom is -0.487 e. The van der Waals surface area contributed by atoms with Gasteiger partial charge >= 0.3 is 6.18 Å². The summed E-state index contributed by atoms with van der Waals surface area (Å²) in [7, 11) is 0. The van der Waals surface area contributed by atoms with Crippen molar-refractivity contribution in [3.05, 3.63) is 126 Å². The molecule has 4 aromatic carbocycles. The quantitative estimate of drug-likeness (QED) is 0.168. The molecule has 0 atom stereocenters. The molecule has 5 aromatic rings. The molecule has 0 bridgehead atoms. The summed E-state index contributed by atoms with van der Waals surface area (Å²) in [4.78, 5) is 17.9. The Hall–Kier alpha value is -3.47. The van der Waals surface area contributed by atoms with E-state index in [-0.39, 0.29) is 16.8 Å². The van der Waals surface area contributed by atoms with Gasteiger partial charge in [-0.2, -0.15) is 22.9 Å². The van der Waals surface area contributed by atoms with Crippen LogP contribution in [-0.4, -0.2) is 15.9 Å². The van der Waals surface area contributed by atoms with Crippen LogP contribution in [0.5, 0.6) is 5.75 Å². The van der Waals surface area contributed by atoms with Gasteiger partial charge in [-0.1, -0.05) is 48.0 Å². The second-order valence-corrected chi connectivity index (χ2v) is 10.8. The van der Waals surface area contributed by atoms with Crippen LogP contribution in [0.2, 0.25) is 5.02 Å². The Labute approximate surface area is 248 Å². The summed E-state index contributed by atoms with van der Waals surface area (Å²) in [5.74, 6) is 0.536. The van der Waals surface area contributed by atoms with Gasteiger partial charge in [0.25, 0.3) is 5.56 Å². The summed E-state index contributed by atoms with van der Waals surface area (Å²) in [6.07, 6.45) is -3.13. The highest BCUT2D eigenvalue weighted by Gasteiger charge is 2.31. The van der Waals surface area contributed by atoms with Crippen molar-refractivity contribution in [1.29, 1.82) is 0 Å². The van der Waals surface area contributed by atoms with Gasteiger partial charge in [-0.25, -0.2) is 4.98 Å². The molecule has 1 aromatic heterocycles. The van der Waals surface area contributed by atoms with Crippen LogP contribution < -0.4 is 10.3 Å². The number of aromatic nitrogens is 2. The lowest BCUT2D eigenvalue weighted by Crippen LogP contribution is -2.20. The number of benzene rings is 4. The molecule has 0 aliphatic carbocycles. The van der Waals surface area contributed by atoms with Crippen LogP contribution in [0, 0.1) is 0 Å². The summed E-state index contributed by atoms with van der Waals surface area (Å²) in [6, 6.07) is 22.0. The molecule has 0 amide bonds. The minimum atomic E-state index is -4.56. The summed E-state index contributed by atoms with van der Waals surface area (Å²) in [6.45, 7) is 0.306. The maximum atomic E-state index is 13.4. The van der Waals surface area contributed by atoms with Gasteiger partial charge in [-0.05, 0) is 91.5 Å². The molecule has 0 spiro atoms. The summed E-state index contributed by atoms with van der Waals surface area (Å²) >= 11 is 13.0. The van der Waals surface area contributed by atoms with E-state index in [2.05, 4.69) is 41.9 Å². The molecule has 0 saturated heterocycles. The van der Waals surface area contributed by atoms with Crippen LogP contribution in [0.4, 0.5) is 13.2 Å². The number of hydrogen-bond acceptors (Lipinski definition) is 4. The Kier molecular flexibility index (Phi) is 8.11. The smallest absolute Gasteiger partial charge is 0.416 e. The fourth-order valence-corrected chi connectivity index (χ4v) is 5.48. The number of hydrogen-bond donors (Lipinski definition) is 0. The molecule has 0 radical (unpaired) electrons. The van der Waals surface area contributed by atoms with Gasteiger partial charge < -0.3 is 4.74 Å². The first-order valence-electron chi connectivity index (χ1n) is 11.7. The van der Waals surface area contributed by atoms with Gasteiger partial charge in [0.1, 0.15) is 12.4 Å². The van der Waals surface area contributed by atoms with E-state index in [1.54, 1.807) is 48.5 Å². The third kappa shape index (κ3) is 6.14. The number of ether oxygens (including phenoxy) is 1. The lowest BCUT2D eigenvalue weighted by Gasteiger charge is -2.13. The normalized spacial score (nSPS) is 11.8. The number of halogens is 6. The lowest BCUT2D eigenvalue weighted by molar-refractivity contribution is -0.137. The van der Waals surface area contributed by atoms with Crippen LogP contribution in [0.1, 0.15) is 16.7 Å². The van der Waals surface area contributed by atoms with Crippen molar-refractivity contribution in [2.75, 3.05) is 0 Å². The molecule has 11 heteroatoms. The number of rotatable bonds is 6. The van der Waals surface area contributed by atoms with Gasteiger partial charge in [0.05, 0.1) is 31.6 Å². The van der Waals surface area contributed by atoms with Crippen molar-refractivity contribution in [2.24, 2.45) is 5.10 Å². The monoisotopic (exact) mass is 689 g/mol. The van der Waals surface area contributed by atoms with E-state index in [1.807, 2.05) is 12.1 Å². The first kappa shape index (κ1) is 28.1. The molecule has 0 unspecified atom stereocenters. The zero-order chi connectivity index (χ0) is 28.4. The molecule has 0 aliphatic heterocycles. The van der Waals surface area contributed by atoms with E-state index in [0.29, 0.717) is 37.4 Å². The molecule has 0 fully saturated rings. The largest absolute Gasteiger partial charge is 0.487 e. The topological polar surface area (TPSA) is 56.5 Å². The van der Waals surface area contributed by atoms with Crippen LogP contribution in [0.25, 0.3) is 22.3 Å². The van der Waals surface area contributed by atoms with E-state index in [0.717, 1.165) is 22.4 Å². The SMILES string of the molecule is O=c1c2ccccc2nc(-c2cccc(C(F)(F)F)c2)n1N=Cc1cc(Br)c(OCc2ccc(Cl)cc2)c(Br)c1. The van der Waals surface area contributed by atoms with Gasteiger partial charge in [-0.3, -0.25) is 4.79 Å². The molecule has 5 rings (SSSR count). The van der Waals surface area contributed by atoms with Crippen LogP contribution in [0.15, 0.2) is 104 Å². The Balaban J connectivity index is 1.52. The van der Waals surface area contributed by atoms with Crippen molar-refractivity contribution in [3.8, 4) is 17.1 Å². The van der Waals surface area contributed by atoms with Gasteiger partial charge in [0, 0.05) is 10.6 Å². The number of fused-ring (bicyclic) bond motifs is 1. The number of nitrogens with zero attached hydrogens (tertiary/aromatic N) is 3. The predicted molar refractivity (Wildman–Crippen MR) is 157 cm³/mol. The second kappa shape index (κ2) is 11.6. The van der Waals surface area contributed by atoms with E-state index in [1.165, 1.54) is 18.3 Å². The Morgan fingerprint density at radius 1 is 0.950 bits per heavy atom.